The van der Waals surface area contributed by atoms with E-state index in [4.69, 9.17) is 4.42 Å². The van der Waals surface area contributed by atoms with Crippen LogP contribution in [0.3, 0.4) is 0 Å². The fourth-order valence-corrected chi connectivity index (χ4v) is 7.13. The van der Waals surface area contributed by atoms with E-state index in [-0.39, 0.29) is 0 Å². The molecule has 2 heteroatoms. The fourth-order valence-electron chi connectivity index (χ4n) is 7.13. The van der Waals surface area contributed by atoms with Crippen molar-refractivity contribution in [2.75, 3.05) is 4.90 Å². The number of para-hydroxylation sites is 1. The normalized spacial score (nSPS) is 11.9. The maximum atomic E-state index is 6.56. The Hall–Kier alpha value is -5.60. The van der Waals surface area contributed by atoms with Crippen molar-refractivity contribution in [3.63, 3.8) is 0 Å². The molecule has 0 radical (unpaired) electrons. The number of anilines is 3. The monoisotopic (exact) mass is 563 g/mol. The van der Waals surface area contributed by atoms with Crippen LogP contribution in [0.4, 0.5) is 17.1 Å². The smallest absolute Gasteiger partial charge is 0.143 e. The Kier molecular flexibility index (Phi) is 5.36. The van der Waals surface area contributed by atoms with Gasteiger partial charge in [0.15, 0.2) is 0 Å². The molecule has 0 spiro atoms. The first-order chi connectivity index (χ1) is 21.6. The standard InChI is InChI=1S/C42H29NO/c1-26-10-8-14-30(22-26)43(31-15-9-11-27(2)23-31)38-25-36(28-12-4-3-5-13-28)33-20-21-35-40-29(18-19-34(38)41(33)40)24-37-32-16-6-7-17-39(32)44-42(35)37/h3-25H,1-2H3. The third-order valence-electron chi connectivity index (χ3n) is 9.06. The van der Waals surface area contributed by atoms with Crippen molar-refractivity contribution in [3.8, 4) is 11.1 Å². The predicted octanol–water partition coefficient (Wildman–Crippen LogP) is 12.2. The van der Waals surface area contributed by atoms with Crippen LogP contribution in [0, 0.1) is 13.8 Å². The topological polar surface area (TPSA) is 16.4 Å². The first kappa shape index (κ1) is 24.9. The number of aryl methyl sites for hydroxylation is 2. The molecule has 0 atom stereocenters. The van der Waals surface area contributed by atoms with Crippen molar-refractivity contribution in [1.29, 1.82) is 0 Å². The molecule has 0 bridgehead atoms. The maximum Gasteiger partial charge on any atom is 0.143 e. The molecule has 8 aromatic carbocycles. The van der Waals surface area contributed by atoms with E-state index >= 15 is 0 Å². The van der Waals surface area contributed by atoms with E-state index in [0.29, 0.717) is 0 Å². The van der Waals surface area contributed by atoms with Crippen LogP contribution >= 0.6 is 0 Å². The van der Waals surface area contributed by atoms with Gasteiger partial charge in [-0.2, -0.15) is 0 Å². The van der Waals surface area contributed by atoms with Gasteiger partial charge in [-0.25, -0.2) is 0 Å². The summed E-state index contributed by atoms with van der Waals surface area (Å²) in [5, 5.41) is 9.68. The van der Waals surface area contributed by atoms with E-state index in [0.717, 1.165) is 44.4 Å². The maximum absolute atomic E-state index is 6.56. The highest BCUT2D eigenvalue weighted by molar-refractivity contribution is 6.33. The van der Waals surface area contributed by atoms with Gasteiger partial charge in [-0.1, -0.05) is 91.0 Å². The molecule has 1 heterocycles. The Morgan fingerprint density at radius 1 is 0.477 bits per heavy atom. The van der Waals surface area contributed by atoms with Crippen LogP contribution in [0.1, 0.15) is 11.1 Å². The SMILES string of the molecule is Cc1cccc(N(c2cccc(C)c2)c2cc(-c3ccccc3)c3ccc4c5oc6ccccc6c5cc5ccc2c3c54)c1. The predicted molar refractivity (Wildman–Crippen MR) is 187 cm³/mol. The summed E-state index contributed by atoms with van der Waals surface area (Å²) >= 11 is 0. The van der Waals surface area contributed by atoms with Crippen LogP contribution in [0.25, 0.3) is 65.4 Å². The zero-order valence-corrected chi connectivity index (χ0v) is 24.6. The molecule has 9 rings (SSSR count). The average molecular weight is 564 g/mol. The lowest BCUT2D eigenvalue weighted by Crippen LogP contribution is -2.11. The van der Waals surface area contributed by atoms with Crippen LogP contribution < -0.4 is 4.90 Å². The van der Waals surface area contributed by atoms with Gasteiger partial charge >= 0.3 is 0 Å². The summed E-state index contributed by atoms with van der Waals surface area (Å²) in [6.07, 6.45) is 0. The molecule has 0 N–H and O–H groups in total. The molecule has 1 aromatic heterocycles. The van der Waals surface area contributed by atoms with Gasteiger partial charge in [-0.05, 0) is 95.4 Å². The van der Waals surface area contributed by atoms with Gasteiger partial charge in [0.2, 0.25) is 0 Å². The fraction of sp³-hybridized carbons (Fsp3) is 0.0476. The highest BCUT2D eigenvalue weighted by Crippen LogP contribution is 2.49. The quantitative estimate of drug-likeness (QED) is 0.198. The van der Waals surface area contributed by atoms with E-state index in [1.807, 2.05) is 6.07 Å². The molecular formula is C42H29NO. The van der Waals surface area contributed by atoms with E-state index in [2.05, 4.69) is 152 Å². The van der Waals surface area contributed by atoms with Crippen LogP contribution in [0.15, 0.2) is 144 Å². The molecule has 0 amide bonds. The number of benzene rings is 8. The highest BCUT2D eigenvalue weighted by atomic mass is 16.3. The summed E-state index contributed by atoms with van der Waals surface area (Å²) in [5.41, 5.74) is 10.2. The van der Waals surface area contributed by atoms with E-state index in [1.165, 1.54) is 49.2 Å². The van der Waals surface area contributed by atoms with Crippen LogP contribution in [-0.2, 0) is 0 Å². The zero-order chi connectivity index (χ0) is 29.4. The molecule has 44 heavy (non-hydrogen) atoms. The molecular weight excluding hydrogens is 534 g/mol. The molecule has 208 valence electrons. The minimum Gasteiger partial charge on any atom is -0.455 e. The lowest BCUT2D eigenvalue weighted by atomic mass is 9.87. The molecule has 0 aliphatic carbocycles. The van der Waals surface area contributed by atoms with Crippen LogP contribution in [0.2, 0.25) is 0 Å². The Balaban J connectivity index is 1.46. The van der Waals surface area contributed by atoms with Crippen molar-refractivity contribution < 1.29 is 4.42 Å². The number of fused-ring (bicyclic) bond motifs is 4. The summed E-state index contributed by atoms with van der Waals surface area (Å²) in [6, 6.07) is 50.6. The third kappa shape index (κ3) is 3.68. The van der Waals surface area contributed by atoms with E-state index in [1.54, 1.807) is 0 Å². The van der Waals surface area contributed by atoms with Gasteiger partial charge in [-0.15, -0.1) is 0 Å². The highest BCUT2D eigenvalue weighted by Gasteiger charge is 2.23. The lowest BCUT2D eigenvalue weighted by Gasteiger charge is -2.29. The number of furan rings is 1. The van der Waals surface area contributed by atoms with Gasteiger partial charge in [0, 0.05) is 43.7 Å². The van der Waals surface area contributed by atoms with Gasteiger partial charge in [0.05, 0.1) is 5.69 Å². The summed E-state index contributed by atoms with van der Waals surface area (Å²) in [4.78, 5) is 2.43. The van der Waals surface area contributed by atoms with Gasteiger partial charge < -0.3 is 9.32 Å². The average Bonchev–Trinajstić information content (AvgIpc) is 3.43. The summed E-state index contributed by atoms with van der Waals surface area (Å²) in [5.74, 6) is 0. The van der Waals surface area contributed by atoms with Crippen LogP contribution in [-0.4, -0.2) is 0 Å². The summed E-state index contributed by atoms with van der Waals surface area (Å²) in [7, 11) is 0. The molecule has 0 aliphatic rings. The minimum absolute atomic E-state index is 0.924. The van der Waals surface area contributed by atoms with Crippen molar-refractivity contribution in [2.24, 2.45) is 0 Å². The zero-order valence-electron chi connectivity index (χ0n) is 24.6. The molecule has 0 fully saturated rings. The largest absolute Gasteiger partial charge is 0.455 e. The Bertz CT molecular complexity index is 2480. The Labute approximate surface area is 255 Å². The molecule has 9 aromatic rings. The molecule has 2 nitrogen and oxygen atoms in total. The number of hydrogen-bond donors (Lipinski definition) is 0. The number of hydrogen-bond acceptors (Lipinski definition) is 2. The third-order valence-corrected chi connectivity index (χ3v) is 9.06. The van der Waals surface area contributed by atoms with Crippen LogP contribution in [0.5, 0.6) is 0 Å². The molecule has 0 saturated carbocycles. The molecule has 0 aliphatic heterocycles. The van der Waals surface area contributed by atoms with Gasteiger partial charge in [0.1, 0.15) is 11.2 Å². The second-order valence-electron chi connectivity index (χ2n) is 11.9. The molecule has 0 unspecified atom stereocenters. The first-order valence-corrected chi connectivity index (χ1v) is 15.2. The van der Waals surface area contributed by atoms with E-state index in [9.17, 15) is 0 Å². The number of rotatable bonds is 4. The van der Waals surface area contributed by atoms with Gasteiger partial charge in [-0.3, -0.25) is 0 Å². The van der Waals surface area contributed by atoms with Gasteiger partial charge in [0.25, 0.3) is 0 Å². The molecule has 0 saturated heterocycles. The summed E-state index contributed by atoms with van der Waals surface area (Å²) < 4.78 is 6.56. The first-order valence-electron chi connectivity index (χ1n) is 15.2. The lowest BCUT2D eigenvalue weighted by molar-refractivity contribution is 0.673. The van der Waals surface area contributed by atoms with Crippen molar-refractivity contribution in [1.82, 2.24) is 0 Å². The second-order valence-corrected chi connectivity index (χ2v) is 11.9. The van der Waals surface area contributed by atoms with Crippen molar-refractivity contribution >= 4 is 71.3 Å². The van der Waals surface area contributed by atoms with E-state index < -0.39 is 0 Å². The Morgan fingerprint density at radius 2 is 1.16 bits per heavy atom. The summed E-state index contributed by atoms with van der Waals surface area (Å²) in [6.45, 7) is 4.33. The van der Waals surface area contributed by atoms with Crippen molar-refractivity contribution in [2.45, 2.75) is 13.8 Å². The van der Waals surface area contributed by atoms with Crippen molar-refractivity contribution in [3.05, 3.63) is 151 Å². The number of nitrogens with zero attached hydrogens (tertiary/aromatic N) is 1. The second kappa shape index (κ2) is 9.45. The minimum atomic E-state index is 0.924. The Morgan fingerprint density at radius 3 is 1.91 bits per heavy atom.